The van der Waals surface area contributed by atoms with E-state index in [9.17, 15) is 4.79 Å². The van der Waals surface area contributed by atoms with Gasteiger partial charge in [-0.15, -0.1) is 0 Å². The molecule has 0 saturated carbocycles. The Kier molecular flexibility index (Phi) is 2.92. The molecule has 1 heterocycles. The summed E-state index contributed by atoms with van der Waals surface area (Å²) in [7, 11) is 0. The molecule has 17 heavy (non-hydrogen) atoms. The van der Waals surface area contributed by atoms with Crippen molar-refractivity contribution in [2.45, 2.75) is 32.7 Å². The van der Waals surface area contributed by atoms with Crippen LogP contribution < -0.4 is 5.32 Å². The van der Waals surface area contributed by atoms with Crippen molar-refractivity contribution in [3.05, 3.63) is 36.0 Å². The van der Waals surface area contributed by atoms with Crippen molar-refractivity contribution in [2.75, 3.05) is 0 Å². The monoisotopic (exact) mass is 230 g/mol. The lowest BCUT2D eigenvalue weighted by atomic mass is 10.0. The predicted octanol–water partition coefficient (Wildman–Crippen LogP) is 3.09. The summed E-state index contributed by atoms with van der Waals surface area (Å²) >= 11 is 0. The minimum atomic E-state index is -0.165. The topological polar surface area (TPSA) is 44.9 Å². The Balaban J connectivity index is 2.24. The number of fused-ring (bicyclic) bond motifs is 1. The summed E-state index contributed by atoms with van der Waals surface area (Å²) in [6.45, 7) is 6.12. The number of rotatable bonds is 3. The first-order valence-electron chi connectivity index (χ1n) is 5.91. The third-order valence-electron chi connectivity index (χ3n) is 3.15. The molecule has 0 spiro atoms. The summed E-state index contributed by atoms with van der Waals surface area (Å²) in [5.74, 6) is -0.0200. The third-order valence-corrected chi connectivity index (χ3v) is 3.15. The van der Waals surface area contributed by atoms with Crippen LogP contribution in [0, 0.1) is 0 Å². The summed E-state index contributed by atoms with van der Waals surface area (Å²) < 4.78 is 0. The van der Waals surface area contributed by atoms with Crippen molar-refractivity contribution in [1.82, 2.24) is 10.3 Å². The van der Waals surface area contributed by atoms with Crippen molar-refractivity contribution in [3.8, 4) is 0 Å². The van der Waals surface area contributed by atoms with Gasteiger partial charge in [0, 0.05) is 22.8 Å². The molecule has 3 nitrogen and oxygen atoms in total. The number of carbonyl (C=O) groups excluding carboxylic acids is 1. The number of H-pyrrole nitrogens is 1. The highest BCUT2D eigenvalue weighted by molar-refractivity contribution is 5.98. The second-order valence-corrected chi connectivity index (χ2v) is 4.97. The normalized spacial score (nSPS) is 11.7. The fourth-order valence-corrected chi connectivity index (χ4v) is 1.66. The molecule has 1 amide bonds. The van der Waals surface area contributed by atoms with E-state index in [-0.39, 0.29) is 11.4 Å². The van der Waals surface area contributed by atoms with Gasteiger partial charge < -0.3 is 10.3 Å². The van der Waals surface area contributed by atoms with Crippen molar-refractivity contribution in [3.63, 3.8) is 0 Å². The molecule has 0 bridgehead atoms. The second-order valence-electron chi connectivity index (χ2n) is 4.97. The van der Waals surface area contributed by atoms with Gasteiger partial charge >= 0.3 is 0 Å². The Morgan fingerprint density at radius 3 is 2.82 bits per heavy atom. The van der Waals surface area contributed by atoms with Gasteiger partial charge in [0.15, 0.2) is 0 Å². The molecule has 0 radical (unpaired) electrons. The van der Waals surface area contributed by atoms with Crippen molar-refractivity contribution in [1.29, 1.82) is 0 Å². The van der Waals surface area contributed by atoms with Crippen LogP contribution in [0.1, 0.15) is 37.6 Å². The van der Waals surface area contributed by atoms with Crippen LogP contribution in [0.25, 0.3) is 10.9 Å². The number of aromatic nitrogens is 1. The largest absolute Gasteiger partial charge is 0.361 e. The van der Waals surface area contributed by atoms with Gasteiger partial charge in [0.1, 0.15) is 0 Å². The van der Waals surface area contributed by atoms with Crippen LogP contribution in [0.5, 0.6) is 0 Å². The molecular weight excluding hydrogens is 212 g/mol. The van der Waals surface area contributed by atoms with Gasteiger partial charge in [-0.05, 0) is 43.9 Å². The van der Waals surface area contributed by atoms with Gasteiger partial charge in [0.25, 0.3) is 5.91 Å². The Hall–Kier alpha value is -1.77. The van der Waals surface area contributed by atoms with Crippen LogP contribution in [0.15, 0.2) is 30.5 Å². The summed E-state index contributed by atoms with van der Waals surface area (Å²) in [5.41, 5.74) is 1.52. The van der Waals surface area contributed by atoms with Gasteiger partial charge in [-0.2, -0.15) is 0 Å². The van der Waals surface area contributed by atoms with E-state index in [0.717, 1.165) is 17.3 Å². The number of nitrogens with one attached hydrogen (secondary N) is 2. The molecule has 0 atom stereocenters. The quantitative estimate of drug-likeness (QED) is 0.836. The zero-order chi connectivity index (χ0) is 12.5. The predicted molar refractivity (Wildman–Crippen MR) is 70.1 cm³/mol. The Morgan fingerprint density at radius 2 is 2.12 bits per heavy atom. The van der Waals surface area contributed by atoms with Crippen LogP contribution in [0.3, 0.4) is 0 Å². The summed E-state index contributed by atoms with van der Waals surface area (Å²) in [6.07, 6.45) is 2.78. The van der Waals surface area contributed by atoms with Gasteiger partial charge in [0.2, 0.25) is 0 Å². The van der Waals surface area contributed by atoms with Crippen LogP contribution in [0.4, 0.5) is 0 Å². The molecule has 0 unspecified atom stereocenters. The van der Waals surface area contributed by atoms with Crippen LogP contribution in [-0.4, -0.2) is 16.4 Å². The minimum Gasteiger partial charge on any atom is -0.361 e. The maximum Gasteiger partial charge on any atom is 0.251 e. The summed E-state index contributed by atoms with van der Waals surface area (Å²) in [5, 5.41) is 4.15. The zero-order valence-corrected chi connectivity index (χ0v) is 10.5. The summed E-state index contributed by atoms with van der Waals surface area (Å²) in [4.78, 5) is 15.2. The smallest absolute Gasteiger partial charge is 0.251 e. The van der Waals surface area contributed by atoms with E-state index >= 15 is 0 Å². The van der Waals surface area contributed by atoms with Gasteiger partial charge in [-0.1, -0.05) is 13.0 Å². The molecule has 2 aromatic rings. The van der Waals surface area contributed by atoms with E-state index < -0.39 is 0 Å². The standard InChI is InChI=1S/C14H18N2O/c1-4-14(2,3)16-13(17)11-6-5-10-7-8-15-12(10)9-11/h5-9,15H,4H2,1-3H3,(H,16,17). The van der Waals surface area contributed by atoms with Gasteiger partial charge in [-0.3, -0.25) is 4.79 Å². The first-order chi connectivity index (χ1) is 8.02. The molecule has 0 aliphatic rings. The molecule has 3 heteroatoms. The zero-order valence-electron chi connectivity index (χ0n) is 10.5. The maximum absolute atomic E-state index is 12.1. The highest BCUT2D eigenvalue weighted by Gasteiger charge is 2.18. The lowest BCUT2D eigenvalue weighted by Gasteiger charge is -2.24. The number of carbonyl (C=O) groups is 1. The first kappa shape index (κ1) is 11.7. The molecule has 0 aliphatic heterocycles. The van der Waals surface area contributed by atoms with E-state index in [4.69, 9.17) is 0 Å². The number of amides is 1. The molecule has 2 N–H and O–H groups in total. The van der Waals surface area contributed by atoms with Crippen molar-refractivity contribution >= 4 is 16.8 Å². The fraction of sp³-hybridized carbons (Fsp3) is 0.357. The van der Waals surface area contributed by atoms with Crippen LogP contribution >= 0.6 is 0 Å². The highest BCUT2D eigenvalue weighted by Crippen LogP contribution is 2.15. The molecule has 1 aromatic carbocycles. The minimum absolute atomic E-state index is 0.0200. The highest BCUT2D eigenvalue weighted by atomic mass is 16.1. The molecule has 0 fully saturated rings. The fourth-order valence-electron chi connectivity index (χ4n) is 1.66. The van der Waals surface area contributed by atoms with Gasteiger partial charge in [-0.25, -0.2) is 0 Å². The van der Waals surface area contributed by atoms with Crippen molar-refractivity contribution < 1.29 is 4.79 Å². The van der Waals surface area contributed by atoms with E-state index in [1.807, 2.05) is 44.3 Å². The number of hydrogen-bond donors (Lipinski definition) is 2. The second kappa shape index (κ2) is 4.24. The average molecular weight is 230 g/mol. The van der Waals surface area contributed by atoms with E-state index in [1.54, 1.807) is 0 Å². The molecule has 90 valence electrons. The summed E-state index contributed by atoms with van der Waals surface area (Å²) in [6, 6.07) is 7.69. The molecular formula is C14H18N2O. The Morgan fingerprint density at radius 1 is 1.35 bits per heavy atom. The number of benzene rings is 1. The lowest BCUT2D eigenvalue weighted by molar-refractivity contribution is 0.0911. The maximum atomic E-state index is 12.1. The van der Waals surface area contributed by atoms with E-state index in [2.05, 4.69) is 17.2 Å². The Labute approximate surface area is 101 Å². The van der Waals surface area contributed by atoms with Crippen LogP contribution in [-0.2, 0) is 0 Å². The van der Waals surface area contributed by atoms with E-state index in [1.165, 1.54) is 0 Å². The van der Waals surface area contributed by atoms with Crippen molar-refractivity contribution in [2.24, 2.45) is 0 Å². The first-order valence-corrected chi connectivity index (χ1v) is 5.91. The molecule has 2 rings (SSSR count). The average Bonchev–Trinajstić information content (AvgIpc) is 2.75. The van der Waals surface area contributed by atoms with Crippen LogP contribution in [0.2, 0.25) is 0 Å². The molecule has 0 saturated heterocycles. The number of aromatic amines is 1. The molecule has 1 aromatic heterocycles. The van der Waals surface area contributed by atoms with E-state index in [0.29, 0.717) is 5.56 Å². The SMILES string of the molecule is CCC(C)(C)NC(=O)c1ccc2cc[nH]c2c1. The third kappa shape index (κ3) is 2.49. The number of hydrogen-bond acceptors (Lipinski definition) is 1. The van der Waals surface area contributed by atoms with Gasteiger partial charge in [0.05, 0.1) is 0 Å². The lowest BCUT2D eigenvalue weighted by Crippen LogP contribution is -2.42. The Bertz CT molecular complexity index is 540. The molecule has 0 aliphatic carbocycles.